The van der Waals surface area contributed by atoms with Gasteiger partial charge in [0.25, 0.3) is 0 Å². The molecule has 6 rings (SSSR count). The summed E-state index contributed by atoms with van der Waals surface area (Å²) in [5.41, 5.74) is 1.18. The lowest BCUT2D eigenvalue weighted by Gasteiger charge is -2.36. The van der Waals surface area contributed by atoms with Crippen LogP contribution in [0.3, 0.4) is 0 Å². The molecule has 0 bridgehead atoms. The van der Waals surface area contributed by atoms with Crippen molar-refractivity contribution in [1.82, 2.24) is 24.4 Å². The van der Waals surface area contributed by atoms with Crippen LogP contribution in [0.15, 0.2) is 12.5 Å². The Bertz CT molecular complexity index is 1100. The van der Waals surface area contributed by atoms with Crippen LogP contribution >= 0.6 is 0 Å². The Kier molecular flexibility index (Phi) is 5.69. The first-order valence-electron chi connectivity index (χ1n) is 12.6. The number of fused-ring (bicyclic) bond motifs is 1. The molecular weight excluding hydrogens is 459 g/mol. The van der Waals surface area contributed by atoms with Gasteiger partial charge >= 0.3 is 6.18 Å². The van der Waals surface area contributed by atoms with Crippen molar-refractivity contribution in [3.63, 3.8) is 0 Å². The predicted molar refractivity (Wildman–Crippen MR) is 124 cm³/mol. The number of nitrogens with one attached hydrogen (secondary N) is 1. The molecule has 2 aromatic heterocycles. The molecule has 2 saturated heterocycles. The molecule has 0 spiro atoms. The van der Waals surface area contributed by atoms with Gasteiger partial charge in [-0.3, -0.25) is 4.79 Å². The van der Waals surface area contributed by atoms with Crippen LogP contribution in [-0.4, -0.2) is 69.2 Å². The predicted octanol–water partition coefficient (Wildman–Crippen LogP) is 3.63. The number of nitrogens with zero attached hydrogens (tertiary/aromatic N) is 6. The van der Waals surface area contributed by atoms with Crippen LogP contribution in [0.2, 0.25) is 0 Å². The number of piperidine rings is 1. The number of aromatic nitrogens is 4. The molecule has 188 valence electrons. The van der Waals surface area contributed by atoms with Gasteiger partial charge in [0.2, 0.25) is 5.91 Å². The molecule has 0 radical (unpaired) electrons. The van der Waals surface area contributed by atoms with Crippen molar-refractivity contribution in [3.8, 4) is 0 Å². The molecule has 1 atom stereocenters. The van der Waals surface area contributed by atoms with Crippen LogP contribution in [0, 0.1) is 0 Å². The summed E-state index contributed by atoms with van der Waals surface area (Å²) in [7, 11) is 0. The Labute approximate surface area is 201 Å². The Morgan fingerprint density at radius 2 is 1.77 bits per heavy atom. The first kappa shape index (κ1) is 22.8. The van der Waals surface area contributed by atoms with Gasteiger partial charge in [0.15, 0.2) is 0 Å². The zero-order chi connectivity index (χ0) is 24.2. The van der Waals surface area contributed by atoms with E-state index in [0.717, 1.165) is 31.8 Å². The monoisotopic (exact) mass is 489 g/mol. The summed E-state index contributed by atoms with van der Waals surface area (Å²) < 4.78 is 43.8. The summed E-state index contributed by atoms with van der Waals surface area (Å²) in [6.07, 6.45) is 3.58. The van der Waals surface area contributed by atoms with E-state index in [4.69, 9.17) is 4.98 Å². The number of alkyl halides is 3. The number of amides is 1. The van der Waals surface area contributed by atoms with Gasteiger partial charge in [-0.15, -0.1) is 0 Å². The molecule has 11 heteroatoms. The van der Waals surface area contributed by atoms with Crippen LogP contribution in [-0.2, 0) is 11.3 Å². The zero-order valence-corrected chi connectivity index (χ0v) is 19.6. The summed E-state index contributed by atoms with van der Waals surface area (Å²) >= 11 is 0. The quantitative estimate of drug-likeness (QED) is 0.668. The van der Waals surface area contributed by atoms with Crippen LogP contribution in [0.25, 0.3) is 0 Å². The Balaban J connectivity index is 1.21. The first-order chi connectivity index (χ1) is 16.9. The van der Waals surface area contributed by atoms with Gasteiger partial charge in [0, 0.05) is 50.6 Å². The van der Waals surface area contributed by atoms with Crippen LogP contribution in [0.1, 0.15) is 73.4 Å². The summed E-state index contributed by atoms with van der Waals surface area (Å²) in [6, 6.07) is 0. The lowest BCUT2D eigenvalue weighted by atomic mass is 9.90. The van der Waals surface area contributed by atoms with E-state index < -0.39 is 24.4 Å². The van der Waals surface area contributed by atoms with E-state index in [-0.39, 0.29) is 23.1 Å². The van der Waals surface area contributed by atoms with Crippen LogP contribution in [0.4, 0.5) is 24.8 Å². The molecule has 4 aliphatic rings. The molecule has 0 unspecified atom stereocenters. The molecule has 3 fully saturated rings. The van der Waals surface area contributed by atoms with Crippen molar-refractivity contribution >= 4 is 17.5 Å². The Morgan fingerprint density at radius 3 is 2.43 bits per heavy atom. The summed E-state index contributed by atoms with van der Waals surface area (Å²) in [5.74, 6) is -0.312. The fraction of sp³-hybridized carbons (Fsp3) is 0.667. The third-order valence-corrected chi connectivity index (χ3v) is 7.84. The molecule has 1 amide bonds. The van der Waals surface area contributed by atoms with Crippen molar-refractivity contribution in [2.24, 2.45) is 0 Å². The van der Waals surface area contributed by atoms with Gasteiger partial charge in [-0.1, -0.05) is 0 Å². The molecule has 5 heterocycles. The van der Waals surface area contributed by atoms with E-state index in [1.807, 2.05) is 4.90 Å². The second-order valence-electron chi connectivity index (χ2n) is 10.3. The molecule has 0 aromatic carbocycles. The zero-order valence-electron chi connectivity index (χ0n) is 19.6. The Morgan fingerprint density at radius 1 is 1.00 bits per heavy atom. The molecule has 8 nitrogen and oxygen atoms in total. The van der Waals surface area contributed by atoms with Crippen LogP contribution in [0.5, 0.6) is 0 Å². The number of carbonyl (C=O) groups excluding carboxylic acids is 1. The maximum atomic E-state index is 13.8. The molecule has 1 aliphatic carbocycles. The van der Waals surface area contributed by atoms with Gasteiger partial charge in [-0.2, -0.15) is 13.2 Å². The fourth-order valence-corrected chi connectivity index (χ4v) is 5.54. The number of halogens is 3. The standard InChI is InChI=1S/C24H30F3N7O/c25-24(26,27)17-12-19(35)31-21-20(17)23(29-14-28-21)33-8-4-16(5-9-33)22-30-18(15-2-3-15)13-34(22)11-10-32-6-1-7-32/h13-17H,1-12H2,(H,28,29,31,35)/t17-/m1/s1. The molecule has 1 N–H and O–H groups in total. The maximum Gasteiger partial charge on any atom is 0.396 e. The van der Waals surface area contributed by atoms with Crippen molar-refractivity contribution in [2.45, 2.75) is 69.0 Å². The summed E-state index contributed by atoms with van der Waals surface area (Å²) in [4.78, 5) is 29.5. The number of anilines is 2. The average molecular weight is 490 g/mol. The lowest BCUT2D eigenvalue weighted by Crippen LogP contribution is -2.40. The lowest BCUT2D eigenvalue weighted by molar-refractivity contribution is -0.156. The van der Waals surface area contributed by atoms with Crippen molar-refractivity contribution in [2.75, 3.05) is 42.9 Å². The van der Waals surface area contributed by atoms with E-state index in [0.29, 0.717) is 19.0 Å². The molecule has 2 aromatic rings. The normalized spacial score (nSPS) is 23.7. The summed E-state index contributed by atoms with van der Waals surface area (Å²) in [6.45, 7) is 5.47. The van der Waals surface area contributed by atoms with E-state index in [9.17, 15) is 18.0 Å². The SMILES string of the molecule is O=C1C[C@@H](C(F)(F)F)c2c(ncnc2N2CCC(c3nc(C4CC4)cn3CCN3CCC3)CC2)N1. The highest BCUT2D eigenvalue weighted by atomic mass is 19.4. The molecular formula is C24H30F3N7O. The average Bonchev–Trinajstić information content (AvgIpc) is 3.56. The molecule has 1 saturated carbocycles. The number of hydrogen-bond donors (Lipinski definition) is 1. The molecule has 35 heavy (non-hydrogen) atoms. The number of likely N-dealkylation sites (tertiary alicyclic amines) is 1. The smallest absolute Gasteiger partial charge is 0.356 e. The van der Waals surface area contributed by atoms with Crippen molar-refractivity contribution in [1.29, 1.82) is 0 Å². The number of carbonyl (C=O) groups is 1. The van der Waals surface area contributed by atoms with Crippen LogP contribution < -0.4 is 10.2 Å². The van der Waals surface area contributed by atoms with Gasteiger partial charge in [0.05, 0.1) is 17.2 Å². The third kappa shape index (κ3) is 4.50. The largest absolute Gasteiger partial charge is 0.396 e. The first-order valence-corrected chi connectivity index (χ1v) is 12.6. The van der Waals surface area contributed by atoms with Gasteiger partial charge < -0.3 is 19.7 Å². The van der Waals surface area contributed by atoms with E-state index in [2.05, 4.69) is 30.9 Å². The minimum Gasteiger partial charge on any atom is -0.356 e. The van der Waals surface area contributed by atoms with Crippen molar-refractivity contribution in [3.05, 3.63) is 29.6 Å². The number of rotatable bonds is 6. The second-order valence-corrected chi connectivity index (χ2v) is 10.3. The molecule has 3 aliphatic heterocycles. The van der Waals surface area contributed by atoms with E-state index >= 15 is 0 Å². The third-order valence-electron chi connectivity index (χ3n) is 7.84. The Hall–Kier alpha value is -2.69. The minimum absolute atomic E-state index is 0.00915. The van der Waals surface area contributed by atoms with Gasteiger partial charge in [-0.25, -0.2) is 15.0 Å². The highest BCUT2D eigenvalue weighted by molar-refractivity contribution is 5.94. The van der Waals surface area contributed by atoms with E-state index in [1.54, 1.807) is 0 Å². The topological polar surface area (TPSA) is 79.2 Å². The minimum atomic E-state index is -4.54. The number of imidazole rings is 1. The van der Waals surface area contributed by atoms with E-state index in [1.165, 1.54) is 44.4 Å². The van der Waals surface area contributed by atoms with Gasteiger partial charge in [-0.05, 0) is 45.2 Å². The summed E-state index contributed by atoms with van der Waals surface area (Å²) in [5, 5.41) is 2.50. The second kappa shape index (κ2) is 8.76. The maximum absolute atomic E-state index is 13.8. The fourth-order valence-electron chi connectivity index (χ4n) is 5.54. The van der Waals surface area contributed by atoms with Gasteiger partial charge in [0.1, 0.15) is 23.8 Å². The highest BCUT2D eigenvalue weighted by Gasteiger charge is 2.48. The van der Waals surface area contributed by atoms with Crippen molar-refractivity contribution < 1.29 is 18.0 Å². The number of hydrogen-bond acceptors (Lipinski definition) is 6. The highest BCUT2D eigenvalue weighted by Crippen LogP contribution is 2.47.